The van der Waals surface area contributed by atoms with Gasteiger partial charge in [0.25, 0.3) is 5.89 Å². The number of nitrogens with zero attached hydrogens (tertiary/aromatic N) is 2. The molecular formula is C16H14N2O2S. The van der Waals surface area contributed by atoms with Gasteiger partial charge < -0.3 is 9.63 Å². The van der Waals surface area contributed by atoms with E-state index in [2.05, 4.69) is 29.2 Å². The summed E-state index contributed by atoms with van der Waals surface area (Å²) in [5, 5.41) is 13.7. The number of rotatable bonds is 4. The van der Waals surface area contributed by atoms with Gasteiger partial charge in [-0.2, -0.15) is 4.98 Å². The first-order valence-electron chi connectivity index (χ1n) is 6.53. The molecule has 0 saturated heterocycles. The maximum absolute atomic E-state index is 9.78. The van der Waals surface area contributed by atoms with E-state index in [0.29, 0.717) is 23.0 Å². The van der Waals surface area contributed by atoms with Crippen LogP contribution < -0.4 is 0 Å². The fourth-order valence-electron chi connectivity index (χ4n) is 1.94. The number of thioether (sulfide) groups is 1. The van der Waals surface area contributed by atoms with E-state index in [0.717, 1.165) is 0 Å². The van der Waals surface area contributed by atoms with Crippen molar-refractivity contribution in [3.63, 3.8) is 0 Å². The molecule has 1 aromatic heterocycles. The first kappa shape index (κ1) is 13.7. The highest BCUT2D eigenvalue weighted by Crippen LogP contribution is 2.29. The van der Waals surface area contributed by atoms with Gasteiger partial charge in [-0.3, -0.25) is 0 Å². The van der Waals surface area contributed by atoms with Crippen molar-refractivity contribution in [1.29, 1.82) is 0 Å². The molecule has 2 aromatic carbocycles. The number of aromatic hydroxyl groups is 1. The molecule has 0 aliphatic rings. The van der Waals surface area contributed by atoms with Crippen LogP contribution in [0.15, 0.2) is 57.9 Å². The van der Waals surface area contributed by atoms with Crippen molar-refractivity contribution in [2.75, 3.05) is 0 Å². The van der Waals surface area contributed by atoms with Gasteiger partial charge in [0.2, 0.25) is 0 Å². The quantitative estimate of drug-likeness (QED) is 0.736. The molecule has 0 amide bonds. The van der Waals surface area contributed by atoms with Crippen molar-refractivity contribution >= 4 is 11.8 Å². The van der Waals surface area contributed by atoms with Crippen molar-refractivity contribution in [2.45, 2.75) is 17.6 Å². The van der Waals surface area contributed by atoms with Crippen LogP contribution >= 0.6 is 11.8 Å². The molecule has 0 unspecified atom stereocenters. The van der Waals surface area contributed by atoms with E-state index in [-0.39, 0.29) is 5.75 Å². The van der Waals surface area contributed by atoms with Crippen molar-refractivity contribution in [1.82, 2.24) is 10.1 Å². The zero-order valence-electron chi connectivity index (χ0n) is 11.5. The molecule has 21 heavy (non-hydrogen) atoms. The Morgan fingerprint density at radius 3 is 2.67 bits per heavy atom. The third-order valence-electron chi connectivity index (χ3n) is 3.05. The third kappa shape index (κ3) is 3.08. The lowest BCUT2D eigenvalue weighted by Gasteiger charge is -2.02. The summed E-state index contributed by atoms with van der Waals surface area (Å²) in [7, 11) is 0. The van der Waals surface area contributed by atoms with Gasteiger partial charge in [0.15, 0.2) is 5.82 Å². The number of hydrogen-bond acceptors (Lipinski definition) is 5. The Morgan fingerprint density at radius 1 is 1.10 bits per heavy atom. The van der Waals surface area contributed by atoms with Crippen LogP contribution in [0.4, 0.5) is 0 Å². The van der Waals surface area contributed by atoms with Gasteiger partial charge in [-0.05, 0) is 30.7 Å². The Kier molecular flexibility index (Phi) is 3.92. The van der Waals surface area contributed by atoms with Gasteiger partial charge in [-0.25, -0.2) is 0 Å². The van der Waals surface area contributed by atoms with E-state index in [1.54, 1.807) is 30.0 Å². The molecule has 4 nitrogen and oxygen atoms in total. The summed E-state index contributed by atoms with van der Waals surface area (Å²) in [6, 6.07) is 15.1. The van der Waals surface area contributed by atoms with Crippen LogP contribution in [0.3, 0.4) is 0 Å². The van der Waals surface area contributed by atoms with Crippen molar-refractivity contribution < 1.29 is 9.63 Å². The van der Waals surface area contributed by atoms with E-state index in [4.69, 9.17) is 4.52 Å². The number of para-hydroxylation sites is 1. The van der Waals surface area contributed by atoms with Crippen molar-refractivity contribution in [3.05, 3.63) is 59.9 Å². The van der Waals surface area contributed by atoms with Crippen molar-refractivity contribution in [2.24, 2.45) is 0 Å². The molecule has 0 aliphatic heterocycles. The highest BCUT2D eigenvalue weighted by atomic mass is 32.2. The SMILES string of the molecule is Cc1ccccc1SCc1noc(-c2ccccc2O)n1. The van der Waals surface area contributed by atoms with Crippen molar-refractivity contribution in [3.8, 4) is 17.2 Å². The highest BCUT2D eigenvalue weighted by molar-refractivity contribution is 7.98. The normalized spacial score (nSPS) is 10.7. The number of benzene rings is 2. The van der Waals surface area contributed by atoms with E-state index in [1.807, 2.05) is 18.2 Å². The van der Waals surface area contributed by atoms with Crippen LogP contribution in [-0.2, 0) is 5.75 Å². The first-order valence-corrected chi connectivity index (χ1v) is 7.52. The number of phenolic OH excluding ortho intramolecular Hbond substituents is 1. The van der Waals surface area contributed by atoms with E-state index < -0.39 is 0 Å². The Hall–Kier alpha value is -2.27. The second kappa shape index (κ2) is 6.01. The maximum Gasteiger partial charge on any atom is 0.261 e. The zero-order chi connectivity index (χ0) is 14.7. The topological polar surface area (TPSA) is 59.2 Å². The minimum absolute atomic E-state index is 0.138. The van der Waals surface area contributed by atoms with Crippen LogP contribution in [0.25, 0.3) is 11.5 Å². The summed E-state index contributed by atoms with van der Waals surface area (Å²) in [6.45, 7) is 2.08. The molecule has 0 radical (unpaired) electrons. The summed E-state index contributed by atoms with van der Waals surface area (Å²) in [5.41, 5.74) is 1.78. The Balaban J connectivity index is 1.74. The smallest absolute Gasteiger partial charge is 0.261 e. The van der Waals surface area contributed by atoms with Crippen LogP contribution in [0.1, 0.15) is 11.4 Å². The summed E-state index contributed by atoms with van der Waals surface area (Å²) in [6.07, 6.45) is 0. The zero-order valence-corrected chi connectivity index (χ0v) is 12.3. The minimum atomic E-state index is 0.138. The van der Waals surface area contributed by atoms with Gasteiger partial charge in [-0.1, -0.05) is 35.5 Å². The predicted molar refractivity (Wildman–Crippen MR) is 82.1 cm³/mol. The number of aromatic nitrogens is 2. The molecule has 0 spiro atoms. The Labute approximate surface area is 126 Å². The van der Waals surface area contributed by atoms with Crippen LogP contribution in [0, 0.1) is 6.92 Å². The fourth-order valence-corrected chi connectivity index (χ4v) is 2.81. The van der Waals surface area contributed by atoms with Gasteiger partial charge in [-0.15, -0.1) is 11.8 Å². The molecule has 1 N–H and O–H groups in total. The molecule has 0 fully saturated rings. The van der Waals surface area contributed by atoms with Gasteiger partial charge in [0.1, 0.15) is 5.75 Å². The number of aryl methyl sites for hydroxylation is 1. The molecule has 1 heterocycles. The monoisotopic (exact) mass is 298 g/mol. The third-order valence-corrected chi connectivity index (χ3v) is 4.22. The average Bonchev–Trinajstić information content (AvgIpc) is 2.96. The number of phenols is 1. The van der Waals surface area contributed by atoms with E-state index in [1.165, 1.54) is 10.5 Å². The molecule has 3 rings (SSSR count). The standard InChI is InChI=1S/C16H14N2O2S/c1-11-6-2-5-9-14(11)21-10-15-17-16(20-18-15)12-7-3-4-8-13(12)19/h2-9,19H,10H2,1H3. The van der Waals surface area contributed by atoms with Crippen LogP contribution in [0.5, 0.6) is 5.75 Å². The van der Waals surface area contributed by atoms with E-state index in [9.17, 15) is 5.11 Å². The van der Waals surface area contributed by atoms with Crippen LogP contribution in [-0.4, -0.2) is 15.2 Å². The average molecular weight is 298 g/mol. The Bertz CT molecular complexity index is 755. The second-order valence-corrected chi connectivity index (χ2v) is 5.60. The summed E-state index contributed by atoms with van der Waals surface area (Å²) < 4.78 is 5.22. The summed E-state index contributed by atoms with van der Waals surface area (Å²) in [5.74, 6) is 1.72. The lowest BCUT2D eigenvalue weighted by Crippen LogP contribution is -1.86. The molecule has 106 valence electrons. The summed E-state index contributed by atoms with van der Waals surface area (Å²) in [4.78, 5) is 5.53. The van der Waals surface area contributed by atoms with Crippen LogP contribution in [0.2, 0.25) is 0 Å². The summed E-state index contributed by atoms with van der Waals surface area (Å²) >= 11 is 1.67. The molecule has 0 saturated carbocycles. The molecule has 0 atom stereocenters. The molecular weight excluding hydrogens is 284 g/mol. The molecule has 5 heteroatoms. The highest BCUT2D eigenvalue weighted by Gasteiger charge is 2.12. The first-order chi connectivity index (χ1) is 10.2. The molecule has 3 aromatic rings. The van der Waals surface area contributed by atoms with E-state index >= 15 is 0 Å². The second-order valence-electron chi connectivity index (χ2n) is 4.59. The molecule has 0 aliphatic carbocycles. The largest absolute Gasteiger partial charge is 0.507 e. The minimum Gasteiger partial charge on any atom is -0.507 e. The predicted octanol–water partition coefficient (Wildman–Crippen LogP) is 4.04. The lowest BCUT2D eigenvalue weighted by molar-refractivity contribution is 0.419. The maximum atomic E-state index is 9.78. The Morgan fingerprint density at radius 2 is 1.86 bits per heavy atom. The van der Waals surface area contributed by atoms with Gasteiger partial charge in [0, 0.05) is 4.90 Å². The molecule has 0 bridgehead atoms. The van der Waals surface area contributed by atoms with Gasteiger partial charge >= 0.3 is 0 Å². The lowest BCUT2D eigenvalue weighted by atomic mass is 10.2. The number of hydrogen-bond donors (Lipinski definition) is 1. The fraction of sp³-hybridized carbons (Fsp3) is 0.125. The van der Waals surface area contributed by atoms with Gasteiger partial charge in [0.05, 0.1) is 11.3 Å².